The van der Waals surface area contributed by atoms with Gasteiger partial charge in [0.1, 0.15) is 5.82 Å². The lowest BCUT2D eigenvalue weighted by Gasteiger charge is -2.32. The van der Waals surface area contributed by atoms with Crippen LogP contribution in [-0.2, 0) is 6.18 Å². The van der Waals surface area contributed by atoms with Crippen LogP contribution < -0.4 is 5.32 Å². The summed E-state index contributed by atoms with van der Waals surface area (Å²) in [5.74, 6) is -0.412. The highest BCUT2D eigenvalue weighted by atomic mass is 35.5. The molecule has 0 radical (unpaired) electrons. The van der Waals surface area contributed by atoms with Crippen LogP contribution in [0, 0.1) is 5.82 Å². The Morgan fingerprint density at radius 1 is 1.00 bits per heavy atom. The summed E-state index contributed by atoms with van der Waals surface area (Å²) < 4.78 is 53.7. The second kappa shape index (κ2) is 7.94. The molecule has 1 fully saturated rings. The summed E-state index contributed by atoms with van der Waals surface area (Å²) in [6, 6.07) is 9.49. The smallest absolute Gasteiger partial charge is 0.315 e. The Bertz CT molecular complexity index is 755. The molecule has 2 aromatic carbocycles. The fourth-order valence-electron chi connectivity index (χ4n) is 3.35. The molecule has 1 N–H and O–H groups in total. The lowest BCUT2D eigenvalue weighted by atomic mass is 9.95. The van der Waals surface area contributed by atoms with Gasteiger partial charge in [-0.05, 0) is 48.4 Å². The highest BCUT2D eigenvalue weighted by Gasteiger charge is 2.34. The van der Waals surface area contributed by atoms with Crippen LogP contribution in [0.25, 0.3) is 0 Å². The van der Waals surface area contributed by atoms with E-state index in [0.29, 0.717) is 24.2 Å². The van der Waals surface area contributed by atoms with Gasteiger partial charge in [-0.1, -0.05) is 29.8 Å². The molecule has 0 aromatic heterocycles. The first-order valence-corrected chi connectivity index (χ1v) is 8.81. The molecule has 1 atom stereocenters. The Hall–Kier alpha value is -1.63. The summed E-state index contributed by atoms with van der Waals surface area (Å²) >= 11 is 5.77. The summed E-state index contributed by atoms with van der Waals surface area (Å²) in [6.45, 7) is 2.94. The summed E-state index contributed by atoms with van der Waals surface area (Å²) in [7, 11) is 0. The molecule has 7 heteroatoms. The van der Waals surface area contributed by atoms with Gasteiger partial charge in [0.05, 0.1) is 16.6 Å². The Balaban J connectivity index is 2.08. The molecule has 1 aliphatic rings. The molecular weight excluding hydrogens is 368 g/mol. The number of rotatable bonds is 3. The van der Waals surface area contributed by atoms with Gasteiger partial charge in [-0.15, -0.1) is 0 Å². The number of nitrogens with one attached hydrogen (secondary N) is 1. The number of hydrogen-bond donors (Lipinski definition) is 1. The molecule has 0 aliphatic carbocycles. The molecule has 0 amide bonds. The molecule has 2 nitrogen and oxygen atoms in total. The topological polar surface area (TPSA) is 15.3 Å². The minimum atomic E-state index is -4.54. The van der Waals surface area contributed by atoms with Crippen LogP contribution in [0.4, 0.5) is 17.6 Å². The van der Waals surface area contributed by atoms with Crippen LogP contribution in [0.15, 0.2) is 42.5 Å². The molecule has 1 aliphatic heterocycles. The second-order valence-electron chi connectivity index (χ2n) is 6.33. The second-order valence-corrected chi connectivity index (χ2v) is 6.74. The van der Waals surface area contributed by atoms with Crippen molar-refractivity contribution in [2.45, 2.75) is 18.6 Å². The van der Waals surface area contributed by atoms with Crippen molar-refractivity contribution >= 4 is 11.6 Å². The van der Waals surface area contributed by atoms with Gasteiger partial charge in [-0.3, -0.25) is 4.90 Å². The molecular formula is C19H19ClF4N2. The first-order chi connectivity index (χ1) is 12.4. The van der Waals surface area contributed by atoms with E-state index in [1.165, 1.54) is 18.2 Å². The van der Waals surface area contributed by atoms with Crippen molar-refractivity contribution in [3.63, 3.8) is 0 Å². The molecule has 0 saturated carbocycles. The van der Waals surface area contributed by atoms with Gasteiger partial charge in [0.25, 0.3) is 0 Å². The molecule has 1 unspecified atom stereocenters. The van der Waals surface area contributed by atoms with Gasteiger partial charge in [0, 0.05) is 19.6 Å². The Kier molecular flexibility index (Phi) is 5.85. The highest BCUT2D eigenvalue weighted by molar-refractivity contribution is 6.31. The van der Waals surface area contributed by atoms with E-state index < -0.39 is 23.6 Å². The monoisotopic (exact) mass is 386 g/mol. The van der Waals surface area contributed by atoms with Gasteiger partial charge in [0.15, 0.2) is 0 Å². The molecule has 0 spiro atoms. The zero-order valence-electron chi connectivity index (χ0n) is 14.0. The predicted molar refractivity (Wildman–Crippen MR) is 93.8 cm³/mol. The molecule has 3 rings (SSSR count). The van der Waals surface area contributed by atoms with Crippen LogP contribution >= 0.6 is 11.6 Å². The van der Waals surface area contributed by atoms with Crippen molar-refractivity contribution in [3.05, 3.63) is 70.0 Å². The summed E-state index contributed by atoms with van der Waals surface area (Å²) in [6.07, 6.45) is -3.68. The molecule has 1 saturated heterocycles. The fourth-order valence-corrected chi connectivity index (χ4v) is 3.57. The lowest BCUT2D eigenvalue weighted by Crippen LogP contribution is -2.33. The quantitative estimate of drug-likeness (QED) is 0.756. The maximum Gasteiger partial charge on any atom is 0.417 e. The van der Waals surface area contributed by atoms with E-state index in [2.05, 4.69) is 10.2 Å². The van der Waals surface area contributed by atoms with E-state index in [1.54, 1.807) is 18.2 Å². The van der Waals surface area contributed by atoms with Crippen LogP contribution in [-0.4, -0.2) is 31.1 Å². The Morgan fingerprint density at radius 2 is 1.77 bits per heavy atom. The SMILES string of the molecule is Fc1cccc(C(c2ccc(Cl)c(C(F)(F)F)c2)N2CCCNCC2)c1. The number of hydrogen-bond acceptors (Lipinski definition) is 2. The van der Waals surface area contributed by atoms with Crippen molar-refractivity contribution in [1.29, 1.82) is 0 Å². The predicted octanol–water partition coefficient (Wildman–Crippen LogP) is 4.88. The average molecular weight is 387 g/mol. The average Bonchev–Trinajstić information content (AvgIpc) is 2.85. The maximum absolute atomic E-state index is 13.8. The van der Waals surface area contributed by atoms with E-state index in [1.807, 2.05) is 0 Å². The van der Waals surface area contributed by atoms with Crippen molar-refractivity contribution in [2.75, 3.05) is 26.2 Å². The van der Waals surface area contributed by atoms with Crippen LogP contribution in [0.3, 0.4) is 0 Å². The minimum Gasteiger partial charge on any atom is -0.315 e. The van der Waals surface area contributed by atoms with Crippen LogP contribution in [0.1, 0.15) is 29.2 Å². The minimum absolute atomic E-state index is 0.336. The van der Waals surface area contributed by atoms with Gasteiger partial charge < -0.3 is 5.32 Å². The third-order valence-corrected chi connectivity index (χ3v) is 4.85. The van der Waals surface area contributed by atoms with Crippen molar-refractivity contribution in [1.82, 2.24) is 10.2 Å². The third-order valence-electron chi connectivity index (χ3n) is 4.52. The molecule has 1 heterocycles. The van der Waals surface area contributed by atoms with Crippen molar-refractivity contribution in [3.8, 4) is 0 Å². The van der Waals surface area contributed by atoms with Crippen molar-refractivity contribution < 1.29 is 17.6 Å². The largest absolute Gasteiger partial charge is 0.417 e. The Morgan fingerprint density at radius 3 is 2.50 bits per heavy atom. The molecule has 140 valence electrons. The normalized spacial score (nSPS) is 17.7. The Labute approximate surface area is 154 Å². The zero-order valence-corrected chi connectivity index (χ0v) is 14.7. The molecule has 26 heavy (non-hydrogen) atoms. The van der Waals surface area contributed by atoms with Crippen LogP contribution in [0.2, 0.25) is 5.02 Å². The fraction of sp³-hybridized carbons (Fsp3) is 0.368. The van der Waals surface area contributed by atoms with E-state index in [9.17, 15) is 17.6 Å². The molecule has 2 aromatic rings. The summed E-state index contributed by atoms with van der Waals surface area (Å²) in [5, 5.41) is 2.94. The van der Waals surface area contributed by atoms with Crippen LogP contribution in [0.5, 0.6) is 0 Å². The highest BCUT2D eigenvalue weighted by Crippen LogP contribution is 2.38. The third kappa shape index (κ3) is 4.37. The zero-order chi connectivity index (χ0) is 18.7. The summed E-state index contributed by atoms with van der Waals surface area (Å²) in [5.41, 5.74) is 0.211. The van der Waals surface area contributed by atoms with Gasteiger partial charge >= 0.3 is 6.18 Å². The van der Waals surface area contributed by atoms with Crippen molar-refractivity contribution in [2.24, 2.45) is 0 Å². The van der Waals surface area contributed by atoms with E-state index in [4.69, 9.17) is 11.6 Å². The number of benzene rings is 2. The van der Waals surface area contributed by atoms with E-state index in [0.717, 1.165) is 25.6 Å². The number of alkyl halides is 3. The summed E-state index contributed by atoms with van der Waals surface area (Å²) in [4.78, 5) is 2.08. The van der Waals surface area contributed by atoms with Gasteiger partial charge in [-0.25, -0.2) is 4.39 Å². The first-order valence-electron chi connectivity index (χ1n) is 8.43. The van der Waals surface area contributed by atoms with Gasteiger partial charge in [-0.2, -0.15) is 13.2 Å². The maximum atomic E-state index is 13.8. The first kappa shape index (κ1) is 19.1. The van der Waals surface area contributed by atoms with E-state index >= 15 is 0 Å². The number of halogens is 5. The number of nitrogens with zero attached hydrogens (tertiary/aromatic N) is 1. The standard InChI is InChI=1S/C19H19ClF4N2/c20-17-6-5-14(12-16(17)19(22,23)24)18(13-3-1-4-15(21)11-13)26-9-2-7-25-8-10-26/h1,3-6,11-12,18,25H,2,7-10H2. The lowest BCUT2D eigenvalue weighted by molar-refractivity contribution is -0.137. The van der Waals surface area contributed by atoms with E-state index in [-0.39, 0.29) is 5.02 Å². The van der Waals surface area contributed by atoms with Gasteiger partial charge in [0.2, 0.25) is 0 Å². The molecule has 0 bridgehead atoms.